The molecule has 0 aromatic heterocycles. The lowest BCUT2D eigenvalue weighted by Crippen LogP contribution is -1.98. The maximum Gasteiger partial charge on any atom is 0.201 e. The Labute approximate surface area is 140 Å². The van der Waals surface area contributed by atoms with E-state index in [1.165, 1.54) is 12.1 Å². The molecule has 24 heavy (non-hydrogen) atoms. The molecule has 0 aliphatic carbocycles. The van der Waals surface area contributed by atoms with E-state index in [0.717, 1.165) is 18.4 Å². The van der Waals surface area contributed by atoms with Crippen LogP contribution in [0.25, 0.3) is 11.1 Å². The summed E-state index contributed by atoms with van der Waals surface area (Å²) in [7, 11) is 0. The van der Waals surface area contributed by atoms with Gasteiger partial charge in [-0.25, -0.2) is 4.39 Å². The Balaban J connectivity index is 2.09. The molecule has 4 heteroatoms. The zero-order valence-corrected chi connectivity index (χ0v) is 13.7. The third kappa shape index (κ3) is 4.63. The van der Waals surface area contributed by atoms with Gasteiger partial charge in [0, 0.05) is 5.56 Å². The van der Waals surface area contributed by atoms with E-state index in [4.69, 9.17) is 4.74 Å². The molecular weight excluding hydrogens is 313 g/mol. The number of rotatable bonds is 8. The minimum atomic E-state index is -0.962. The van der Waals surface area contributed by atoms with E-state index in [0.29, 0.717) is 12.0 Å². The molecule has 0 N–H and O–H groups in total. The summed E-state index contributed by atoms with van der Waals surface area (Å²) in [5, 5.41) is 0. The SMILES string of the molecule is CCOc1ccc(-c2ccc(CC/C=C/CCF)cc2)c(F)c1F. The highest BCUT2D eigenvalue weighted by Crippen LogP contribution is 2.30. The van der Waals surface area contributed by atoms with Crippen LogP contribution in [0.1, 0.15) is 25.3 Å². The number of aryl methyl sites for hydroxylation is 1. The van der Waals surface area contributed by atoms with Gasteiger partial charge in [0.1, 0.15) is 0 Å². The van der Waals surface area contributed by atoms with Crippen LogP contribution in [0.5, 0.6) is 5.75 Å². The first-order chi connectivity index (χ1) is 11.7. The second kappa shape index (κ2) is 9.16. The fourth-order valence-corrected chi connectivity index (χ4v) is 2.42. The molecule has 1 nitrogen and oxygen atoms in total. The molecule has 0 aliphatic heterocycles. The lowest BCUT2D eigenvalue weighted by Gasteiger charge is -2.09. The van der Waals surface area contributed by atoms with E-state index in [9.17, 15) is 13.2 Å². The maximum absolute atomic E-state index is 14.2. The molecule has 0 spiro atoms. The summed E-state index contributed by atoms with van der Waals surface area (Å²) < 4.78 is 45.2. The third-order valence-corrected chi connectivity index (χ3v) is 3.65. The van der Waals surface area contributed by atoms with Gasteiger partial charge in [-0.3, -0.25) is 4.39 Å². The lowest BCUT2D eigenvalue weighted by atomic mass is 10.0. The van der Waals surface area contributed by atoms with E-state index in [2.05, 4.69) is 0 Å². The maximum atomic E-state index is 14.2. The number of alkyl halides is 1. The van der Waals surface area contributed by atoms with Gasteiger partial charge in [0.15, 0.2) is 11.6 Å². The average molecular weight is 334 g/mol. The number of hydrogen-bond acceptors (Lipinski definition) is 1. The Kier molecular flexibility index (Phi) is 6.91. The Morgan fingerprint density at radius 1 is 0.917 bits per heavy atom. The first kappa shape index (κ1) is 18.1. The van der Waals surface area contributed by atoms with Gasteiger partial charge in [0.25, 0.3) is 0 Å². The molecular formula is C20H21F3O. The van der Waals surface area contributed by atoms with Crippen LogP contribution in [-0.4, -0.2) is 13.3 Å². The van der Waals surface area contributed by atoms with Crippen molar-refractivity contribution in [1.29, 1.82) is 0 Å². The number of ether oxygens (including phenoxy) is 1. The molecule has 2 aromatic rings. The summed E-state index contributed by atoms with van der Waals surface area (Å²) in [5.74, 6) is -1.94. The topological polar surface area (TPSA) is 9.23 Å². The van der Waals surface area contributed by atoms with E-state index >= 15 is 0 Å². The minimum absolute atomic E-state index is 0.0737. The fraction of sp³-hybridized carbons (Fsp3) is 0.300. The molecule has 0 fully saturated rings. The van der Waals surface area contributed by atoms with Gasteiger partial charge in [-0.15, -0.1) is 0 Å². The van der Waals surface area contributed by atoms with Gasteiger partial charge in [0.2, 0.25) is 5.82 Å². The van der Waals surface area contributed by atoms with Crippen molar-refractivity contribution in [3.05, 3.63) is 65.7 Å². The van der Waals surface area contributed by atoms with Crippen molar-refractivity contribution >= 4 is 0 Å². The van der Waals surface area contributed by atoms with Crippen molar-refractivity contribution in [2.75, 3.05) is 13.3 Å². The molecule has 0 amide bonds. The Morgan fingerprint density at radius 2 is 1.62 bits per heavy atom. The van der Waals surface area contributed by atoms with Gasteiger partial charge in [-0.1, -0.05) is 36.4 Å². The second-order valence-electron chi connectivity index (χ2n) is 5.36. The van der Waals surface area contributed by atoms with Crippen LogP contribution in [0.3, 0.4) is 0 Å². The molecule has 0 unspecified atom stereocenters. The van der Waals surface area contributed by atoms with Crippen molar-refractivity contribution in [2.24, 2.45) is 0 Å². The summed E-state index contributed by atoms with van der Waals surface area (Å²) >= 11 is 0. The van der Waals surface area contributed by atoms with E-state index in [1.54, 1.807) is 19.1 Å². The zero-order valence-electron chi connectivity index (χ0n) is 13.7. The molecule has 0 aliphatic rings. The van der Waals surface area contributed by atoms with Gasteiger partial charge in [0.05, 0.1) is 13.3 Å². The van der Waals surface area contributed by atoms with E-state index in [1.807, 2.05) is 24.3 Å². The minimum Gasteiger partial charge on any atom is -0.491 e. The predicted molar refractivity (Wildman–Crippen MR) is 91.0 cm³/mol. The molecule has 0 radical (unpaired) electrons. The van der Waals surface area contributed by atoms with Crippen LogP contribution in [0.2, 0.25) is 0 Å². The fourth-order valence-electron chi connectivity index (χ4n) is 2.42. The molecule has 0 saturated carbocycles. The zero-order chi connectivity index (χ0) is 17.4. The normalized spacial score (nSPS) is 11.2. The van der Waals surface area contributed by atoms with Crippen LogP contribution in [0.4, 0.5) is 13.2 Å². The monoisotopic (exact) mass is 334 g/mol. The smallest absolute Gasteiger partial charge is 0.201 e. The largest absolute Gasteiger partial charge is 0.491 e. The lowest BCUT2D eigenvalue weighted by molar-refractivity contribution is 0.314. The third-order valence-electron chi connectivity index (χ3n) is 3.65. The van der Waals surface area contributed by atoms with Crippen molar-refractivity contribution in [3.8, 4) is 16.9 Å². The average Bonchev–Trinajstić information content (AvgIpc) is 2.60. The first-order valence-electron chi connectivity index (χ1n) is 8.08. The Morgan fingerprint density at radius 3 is 2.29 bits per heavy atom. The molecule has 2 rings (SSSR count). The number of hydrogen-bond donors (Lipinski definition) is 0. The van der Waals surface area contributed by atoms with Gasteiger partial charge >= 0.3 is 0 Å². The first-order valence-corrected chi connectivity index (χ1v) is 8.08. The summed E-state index contributed by atoms with van der Waals surface area (Å²) in [6.07, 6.45) is 5.87. The van der Waals surface area contributed by atoms with Crippen molar-refractivity contribution in [3.63, 3.8) is 0 Å². The molecule has 2 aromatic carbocycles. The predicted octanol–water partition coefficient (Wildman–Crippen LogP) is 5.88. The van der Waals surface area contributed by atoms with Crippen LogP contribution >= 0.6 is 0 Å². The molecule has 0 saturated heterocycles. The number of halogens is 3. The van der Waals surface area contributed by atoms with Crippen LogP contribution in [0, 0.1) is 11.6 Å². The van der Waals surface area contributed by atoms with E-state index < -0.39 is 11.6 Å². The Hall–Kier alpha value is -2.23. The molecule has 0 heterocycles. The van der Waals surface area contributed by atoms with Crippen LogP contribution in [0.15, 0.2) is 48.6 Å². The summed E-state index contributed by atoms with van der Waals surface area (Å²) in [5.41, 5.74) is 1.92. The standard InChI is InChI=1S/C20H21F3O/c1-2-24-18-13-12-17(19(22)20(18)23)16-10-8-15(9-11-16)7-5-3-4-6-14-21/h3-4,8-13H,2,5-7,14H2,1H3/b4-3+. The van der Waals surface area contributed by atoms with E-state index in [-0.39, 0.29) is 24.6 Å². The second-order valence-corrected chi connectivity index (χ2v) is 5.36. The van der Waals surface area contributed by atoms with Crippen LogP contribution in [-0.2, 0) is 6.42 Å². The van der Waals surface area contributed by atoms with Gasteiger partial charge in [-0.2, -0.15) is 4.39 Å². The number of allylic oxidation sites excluding steroid dienone is 2. The highest BCUT2D eigenvalue weighted by molar-refractivity contribution is 5.65. The highest BCUT2D eigenvalue weighted by Gasteiger charge is 2.15. The molecule has 128 valence electrons. The number of benzene rings is 2. The summed E-state index contributed by atoms with van der Waals surface area (Å²) in [4.78, 5) is 0. The Bertz CT molecular complexity index is 678. The van der Waals surface area contributed by atoms with Crippen molar-refractivity contribution in [2.45, 2.75) is 26.2 Å². The summed E-state index contributed by atoms with van der Waals surface area (Å²) in [6.45, 7) is 1.66. The molecule has 0 atom stereocenters. The van der Waals surface area contributed by atoms with Crippen LogP contribution < -0.4 is 4.74 Å². The molecule has 0 bridgehead atoms. The highest BCUT2D eigenvalue weighted by atomic mass is 19.2. The van der Waals surface area contributed by atoms with Crippen molar-refractivity contribution < 1.29 is 17.9 Å². The van der Waals surface area contributed by atoms with Crippen molar-refractivity contribution in [1.82, 2.24) is 0 Å². The van der Waals surface area contributed by atoms with Gasteiger partial charge < -0.3 is 4.74 Å². The summed E-state index contributed by atoms with van der Waals surface area (Å²) in [6, 6.07) is 10.3. The quantitative estimate of drug-likeness (QED) is 0.548. The van der Waals surface area contributed by atoms with Gasteiger partial charge in [-0.05, 0) is 49.4 Å².